The van der Waals surface area contributed by atoms with Gasteiger partial charge in [-0.05, 0) is 32.2 Å². The number of carbonyl (C=O) groups excluding carboxylic acids is 1. The van der Waals surface area contributed by atoms with Crippen molar-refractivity contribution in [2.45, 2.75) is 13.0 Å². The van der Waals surface area contributed by atoms with Gasteiger partial charge in [0.2, 0.25) is 0 Å². The van der Waals surface area contributed by atoms with Crippen molar-refractivity contribution in [1.82, 2.24) is 10.6 Å². The number of nitrogens with one attached hydrogen (secondary N) is 2. The lowest BCUT2D eigenvalue weighted by Crippen LogP contribution is -2.37. The second-order valence-corrected chi connectivity index (χ2v) is 3.56. The molecule has 1 atom stereocenters. The molecule has 0 aliphatic heterocycles. The fraction of sp³-hybridized carbons (Fsp3) is 0.364. The van der Waals surface area contributed by atoms with Gasteiger partial charge in [-0.2, -0.15) is 0 Å². The summed E-state index contributed by atoms with van der Waals surface area (Å²) < 4.78 is 12.9. The van der Waals surface area contributed by atoms with Gasteiger partial charge in [0, 0.05) is 12.6 Å². The minimum Gasteiger partial charge on any atom is -0.507 e. The van der Waals surface area contributed by atoms with E-state index in [1.807, 2.05) is 6.92 Å². The molecule has 0 bridgehead atoms. The Morgan fingerprint density at radius 1 is 1.56 bits per heavy atom. The average Bonchev–Trinajstić information content (AvgIpc) is 2.28. The Kier molecular flexibility index (Phi) is 4.25. The normalized spacial score (nSPS) is 12.2. The zero-order chi connectivity index (χ0) is 12.1. The number of hydrogen-bond acceptors (Lipinski definition) is 3. The van der Waals surface area contributed by atoms with Crippen molar-refractivity contribution in [1.29, 1.82) is 0 Å². The van der Waals surface area contributed by atoms with E-state index in [9.17, 15) is 14.3 Å². The van der Waals surface area contributed by atoms with E-state index in [0.29, 0.717) is 6.54 Å². The van der Waals surface area contributed by atoms with Crippen molar-refractivity contribution in [2.75, 3.05) is 13.6 Å². The second-order valence-electron chi connectivity index (χ2n) is 3.56. The molecule has 0 spiro atoms. The second kappa shape index (κ2) is 5.46. The summed E-state index contributed by atoms with van der Waals surface area (Å²) >= 11 is 0. The molecular weight excluding hydrogens is 211 g/mol. The largest absolute Gasteiger partial charge is 0.507 e. The first-order valence-electron chi connectivity index (χ1n) is 4.98. The zero-order valence-corrected chi connectivity index (χ0v) is 9.25. The first-order chi connectivity index (χ1) is 7.54. The van der Waals surface area contributed by atoms with Gasteiger partial charge < -0.3 is 15.7 Å². The molecule has 1 rings (SSSR count). The Morgan fingerprint density at radius 2 is 2.25 bits per heavy atom. The molecule has 0 saturated carbocycles. The Hall–Kier alpha value is -1.62. The summed E-state index contributed by atoms with van der Waals surface area (Å²) in [4.78, 5) is 11.6. The van der Waals surface area contributed by atoms with Gasteiger partial charge in [-0.3, -0.25) is 4.79 Å². The fourth-order valence-corrected chi connectivity index (χ4v) is 1.13. The van der Waals surface area contributed by atoms with Crippen LogP contribution in [-0.2, 0) is 0 Å². The minimum atomic E-state index is -0.551. The molecule has 0 aliphatic carbocycles. The third-order valence-corrected chi connectivity index (χ3v) is 2.26. The number of likely N-dealkylation sites (N-methyl/N-ethyl adjacent to an activating group) is 1. The quantitative estimate of drug-likeness (QED) is 0.714. The third-order valence-electron chi connectivity index (χ3n) is 2.26. The van der Waals surface area contributed by atoms with Crippen molar-refractivity contribution in [3.63, 3.8) is 0 Å². The molecule has 5 heteroatoms. The number of phenolic OH excluding ortho intramolecular Hbond substituents is 1. The molecule has 16 heavy (non-hydrogen) atoms. The maximum absolute atomic E-state index is 12.9. The maximum atomic E-state index is 12.9. The van der Waals surface area contributed by atoms with E-state index in [-0.39, 0.29) is 17.4 Å². The lowest BCUT2D eigenvalue weighted by atomic mass is 10.2. The summed E-state index contributed by atoms with van der Waals surface area (Å²) in [7, 11) is 1.77. The molecule has 1 aromatic carbocycles. The van der Waals surface area contributed by atoms with Crippen LogP contribution in [0.1, 0.15) is 17.3 Å². The van der Waals surface area contributed by atoms with Crippen LogP contribution in [0.15, 0.2) is 18.2 Å². The van der Waals surface area contributed by atoms with Crippen molar-refractivity contribution >= 4 is 5.91 Å². The molecule has 1 aromatic rings. The summed E-state index contributed by atoms with van der Waals surface area (Å²) in [5, 5.41) is 14.9. The molecule has 0 aromatic heterocycles. The van der Waals surface area contributed by atoms with Crippen LogP contribution < -0.4 is 10.6 Å². The lowest BCUT2D eigenvalue weighted by molar-refractivity contribution is 0.0947. The Labute approximate surface area is 93.5 Å². The van der Waals surface area contributed by atoms with Gasteiger partial charge in [-0.1, -0.05) is 0 Å². The van der Waals surface area contributed by atoms with Crippen LogP contribution in [-0.4, -0.2) is 30.6 Å². The molecule has 0 fully saturated rings. The Bertz CT molecular complexity index is 382. The summed E-state index contributed by atoms with van der Waals surface area (Å²) in [5.74, 6) is -1.26. The van der Waals surface area contributed by atoms with Crippen molar-refractivity contribution in [3.8, 4) is 5.75 Å². The SMILES string of the molecule is CNC(C)CNC(=O)c1cc(F)ccc1O. The van der Waals surface area contributed by atoms with E-state index in [4.69, 9.17) is 0 Å². The highest BCUT2D eigenvalue weighted by Crippen LogP contribution is 2.17. The highest BCUT2D eigenvalue weighted by Gasteiger charge is 2.12. The maximum Gasteiger partial charge on any atom is 0.255 e. The predicted molar refractivity (Wildman–Crippen MR) is 58.9 cm³/mol. The van der Waals surface area contributed by atoms with E-state index < -0.39 is 11.7 Å². The summed E-state index contributed by atoms with van der Waals surface area (Å²) in [5.41, 5.74) is -0.0525. The first-order valence-corrected chi connectivity index (χ1v) is 4.98. The number of hydrogen-bond donors (Lipinski definition) is 3. The van der Waals surface area contributed by atoms with E-state index >= 15 is 0 Å². The van der Waals surface area contributed by atoms with E-state index in [1.165, 1.54) is 0 Å². The number of amides is 1. The summed E-state index contributed by atoms with van der Waals surface area (Å²) in [6.45, 7) is 2.30. The topological polar surface area (TPSA) is 61.4 Å². The van der Waals surface area contributed by atoms with Crippen LogP contribution in [0.3, 0.4) is 0 Å². The lowest BCUT2D eigenvalue weighted by Gasteiger charge is -2.11. The zero-order valence-electron chi connectivity index (χ0n) is 9.25. The van der Waals surface area contributed by atoms with E-state index in [2.05, 4.69) is 10.6 Å². The molecule has 1 unspecified atom stereocenters. The fourth-order valence-electron chi connectivity index (χ4n) is 1.13. The number of carbonyl (C=O) groups is 1. The van der Waals surface area contributed by atoms with Gasteiger partial charge in [0.25, 0.3) is 5.91 Å². The van der Waals surface area contributed by atoms with Crippen molar-refractivity contribution in [3.05, 3.63) is 29.6 Å². The van der Waals surface area contributed by atoms with Gasteiger partial charge in [0.1, 0.15) is 11.6 Å². The number of phenols is 1. The molecule has 0 aliphatic rings. The van der Waals surface area contributed by atoms with Crippen LogP contribution >= 0.6 is 0 Å². The van der Waals surface area contributed by atoms with Gasteiger partial charge >= 0.3 is 0 Å². The number of benzene rings is 1. The van der Waals surface area contributed by atoms with Gasteiger partial charge in [0.05, 0.1) is 5.56 Å². The predicted octanol–water partition coefficient (Wildman–Crippen LogP) is 0.869. The molecule has 0 saturated heterocycles. The number of halogens is 1. The highest BCUT2D eigenvalue weighted by atomic mass is 19.1. The van der Waals surface area contributed by atoms with Crippen LogP contribution in [0.4, 0.5) is 4.39 Å². The van der Waals surface area contributed by atoms with Crippen LogP contribution in [0.25, 0.3) is 0 Å². The number of rotatable bonds is 4. The van der Waals surface area contributed by atoms with E-state index in [1.54, 1.807) is 7.05 Å². The molecule has 88 valence electrons. The van der Waals surface area contributed by atoms with Crippen molar-refractivity contribution in [2.24, 2.45) is 0 Å². The summed E-state index contributed by atoms with van der Waals surface area (Å²) in [6.07, 6.45) is 0. The standard InChI is InChI=1S/C11H15FN2O2/c1-7(13-2)6-14-11(16)9-5-8(12)3-4-10(9)15/h3-5,7,13,15H,6H2,1-2H3,(H,14,16). The Morgan fingerprint density at radius 3 is 2.88 bits per heavy atom. The number of aromatic hydroxyl groups is 1. The average molecular weight is 226 g/mol. The highest BCUT2D eigenvalue weighted by molar-refractivity contribution is 5.96. The third kappa shape index (κ3) is 3.20. The summed E-state index contributed by atoms with van der Waals surface area (Å²) in [6, 6.07) is 3.38. The minimum absolute atomic E-state index is 0.0525. The van der Waals surface area contributed by atoms with Crippen LogP contribution in [0, 0.1) is 5.82 Å². The molecule has 1 amide bonds. The smallest absolute Gasteiger partial charge is 0.255 e. The van der Waals surface area contributed by atoms with Crippen LogP contribution in [0.5, 0.6) is 5.75 Å². The molecule has 0 radical (unpaired) electrons. The molecule has 0 heterocycles. The molecule has 4 nitrogen and oxygen atoms in total. The molecular formula is C11H15FN2O2. The van der Waals surface area contributed by atoms with E-state index in [0.717, 1.165) is 18.2 Å². The van der Waals surface area contributed by atoms with Gasteiger partial charge in [-0.25, -0.2) is 4.39 Å². The van der Waals surface area contributed by atoms with Crippen LogP contribution in [0.2, 0.25) is 0 Å². The first kappa shape index (κ1) is 12.4. The van der Waals surface area contributed by atoms with Gasteiger partial charge in [0.15, 0.2) is 0 Å². The van der Waals surface area contributed by atoms with Gasteiger partial charge in [-0.15, -0.1) is 0 Å². The van der Waals surface area contributed by atoms with Crippen molar-refractivity contribution < 1.29 is 14.3 Å². The molecule has 3 N–H and O–H groups in total. The monoisotopic (exact) mass is 226 g/mol. The Balaban J connectivity index is 2.69.